The van der Waals surface area contributed by atoms with Crippen LogP contribution in [0, 0.1) is 0 Å². The van der Waals surface area contributed by atoms with Crippen molar-refractivity contribution < 1.29 is 9.21 Å². The highest BCUT2D eigenvalue weighted by molar-refractivity contribution is 7.98. The monoisotopic (exact) mass is 337 g/mol. The Kier molecular flexibility index (Phi) is 5.39. The van der Waals surface area contributed by atoms with Crippen molar-refractivity contribution in [3.05, 3.63) is 83.8 Å². The Labute approximate surface area is 146 Å². The van der Waals surface area contributed by atoms with Gasteiger partial charge in [0.15, 0.2) is 5.76 Å². The van der Waals surface area contributed by atoms with E-state index in [4.69, 9.17) is 4.42 Å². The highest BCUT2D eigenvalue weighted by Gasteiger charge is 2.16. The molecule has 1 heterocycles. The van der Waals surface area contributed by atoms with E-state index in [1.54, 1.807) is 18.0 Å². The van der Waals surface area contributed by atoms with Crippen molar-refractivity contribution in [1.82, 2.24) is 0 Å². The van der Waals surface area contributed by atoms with Crippen LogP contribution < -0.4 is 5.32 Å². The van der Waals surface area contributed by atoms with Gasteiger partial charge in [-0.3, -0.25) is 4.79 Å². The lowest BCUT2D eigenvalue weighted by atomic mass is 10.1. The summed E-state index contributed by atoms with van der Waals surface area (Å²) in [4.78, 5) is 13.7. The van der Waals surface area contributed by atoms with E-state index < -0.39 is 0 Å². The van der Waals surface area contributed by atoms with Crippen LogP contribution in [0.2, 0.25) is 0 Å². The van der Waals surface area contributed by atoms with Crippen LogP contribution in [-0.4, -0.2) is 5.91 Å². The van der Waals surface area contributed by atoms with E-state index in [0.29, 0.717) is 11.5 Å². The fourth-order valence-electron chi connectivity index (χ4n) is 2.38. The average Bonchev–Trinajstić information content (AvgIpc) is 3.10. The molecule has 0 radical (unpaired) electrons. The molecule has 0 bridgehead atoms. The van der Waals surface area contributed by atoms with E-state index in [0.717, 1.165) is 17.7 Å². The highest BCUT2D eigenvalue weighted by Crippen LogP contribution is 2.25. The number of furan rings is 1. The molecule has 24 heavy (non-hydrogen) atoms. The molecule has 0 saturated carbocycles. The van der Waals surface area contributed by atoms with Gasteiger partial charge in [0.2, 0.25) is 0 Å². The largest absolute Gasteiger partial charge is 0.459 e. The predicted molar refractivity (Wildman–Crippen MR) is 98.5 cm³/mol. The van der Waals surface area contributed by atoms with Gasteiger partial charge in [0, 0.05) is 21.9 Å². The summed E-state index contributed by atoms with van der Waals surface area (Å²) in [5, 5.41) is 2.92. The van der Waals surface area contributed by atoms with Crippen LogP contribution in [0.3, 0.4) is 0 Å². The summed E-state index contributed by atoms with van der Waals surface area (Å²) in [5.41, 5.74) is 2.87. The van der Waals surface area contributed by atoms with Crippen LogP contribution in [0.1, 0.15) is 28.6 Å². The zero-order chi connectivity index (χ0) is 16.8. The topological polar surface area (TPSA) is 42.2 Å². The van der Waals surface area contributed by atoms with Crippen LogP contribution in [-0.2, 0) is 12.2 Å². The lowest BCUT2D eigenvalue weighted by molar-refractivity contribution is 0.0996. The number of benzene rings is 2. The molecule has 1 amide bonds. The number of aryl methyl sites for hydroxylation is 1. The van der Waals surface area contributed by atoms with Crippen molar-refractivity contribution in [2.75, 3.05) is 5.32 Å². The number of amides is 1. The van der Waals surface area contributed by atoms with Gasteiger partial charge in [0.05, 0.1) is 6.26 Å². The number of thioether (sulfide) groups is 1. The SMILES string of the molecule is CCc1cccc(NC(=O)c2occc2CSc2ccccc2)c1. The Morgan fingerprint density at radius 2 is 1.92 bits per heavy atom. The van der Waals surface area contributed by atoms with Gasteiger partial charge in [-0.25, -0.2) is 0 Å². The van der Waals surface area contributed by atoms with E-state index >= 15 is 0 Å². The van der Waals surface area contributed by atoms with Gasteiger partial charge in [0.1, 0.15) is 0 Å². The molecule has 0 fully saturated rings. The molecule has 1 aromatic heterocycles. The van der Waals surface area contributed by atoms with Crippen molar-refractivity contribution in [3.8, 4) is 0 Å². The van der Waals surface area contributed by atoms with Crippen molar-refractivity contribution >= 4 is 23.4 Å². The van der Waals surface area contributed by atoms with Crippen LogP contribution in [0.4, 0.5) is 5.69 Å². The first-order chi connectivity index (χ1) is 11.8. The smallest absolute Gasteiger partial charge is 0.291 e. The van der Waals surface area contributed by atoms with E-state index in [9.17, 15) is 4.79 Å². The second-order valence-electron chi connectivity index (χ2n) is 5.38. The number of hydrogen-bond acceptors (Lipinski definition) is 3. The normalized spacial score (nSPS) is 10.5. The third kappa shape index (κ3) is 4.09. The molecule has 0 spiro atoms. The first-order valence-corrected chi connectivity index (χ1v) is 8.89. The number of anilines is 1. The second-order valence-corrected chi connectivity index (χ2v) is 6.43. The molecule has 0 atom stereocenters. The Balaban J connectivity index is 1.68. The Morgan fingerprint density at radius 1 is 1.08 bits per heavy atom. The van der Waals surface area contributed by atoms with E-state index in [1.807, 2.05) is 48.5 Å². The van der Waals surface area contributed by atoms with Crippen LogP contribution >= 0.6 is 11.8 Å². The molecule has 122 valence electrons. The maximum Gasteiger partial charge on any atom is 0.291 e. The Morgan fingerprint density at radius 3 is 2.71 bits per heavy atom. The molecule has 3 nitrogen and oxygen atoms in total. The number of carbonyl (C=O) groups excluding carboxylic acids is 1. The summed E-state index contributed by atoms with van der Waals surface area (Å²) in [6.07, 6.45) is 2.50. The maximum atomic E-state index is 12.5. The summed E-state index contributed by atoms with van der Waals surface area (Å²) in [5.74, 6) is 0.857. The third-order valence-electron chi connectivity index (χ3n) is 3.68. The van der Waals surface area contributed by atoms with Crippen molar-refractivity contribution in [3.63, 3.8) is 0 Å². The molecular weight excluding hydrogens is 318 g/mol. The highest BCUT2D eigenvalue weighted by atomic mass is 32.2. The number of nitrogens with one attached hydrogen (secondary N) is 1. The lowest BCUT2D eigenvalue weighted by Crippen LogP contribution is -2.12. The summed E-state index contributed by atoms with van der Waals surface area (Å²) in [6.45, 7) is 2.09. The fourth-order valence-corrected chi connectivity index (χ4v) is 3.28. The molecule has 0 aliphatic rings. The zero-order valence-corrected chi connectivity index (χ0v) is 14.3. The minimum atomic E-state index is -0.211. The molecule has 3 aromatic rings. The van der Waals surface area contributed by atoms with Gasteiger partial charge in [-0.05, 0) is 42.3 Å². The first-order valence-electron chi connectivity index (χ1n) is 7.91. The number of hydrogen-bond donors (Lipinski definition) is 1. The van der Waals surface area contributed by atoms with Crippen LogP contribution in [0.5, 0.6) is 0 Å². The molecule has 4 heteroatoms. The van der Waals surface area contributed by atoms with Gasteiger partial charge in [-0.1, -0.05) is 37.3 Å². The zero-order valence-electron chi connectivity index (χ0n) is 13.5. The quantitative estimate of drug-likeness (QED) is 0.613. The predicted octanol–water partition coefficient (Wildman–Crippen LogP) is 5.39. The van der Waals surface area contributed by atoms with Crippen LogP contribution in [0.15, 0.2) is 76.2 Å². The molecule has 1 N–H and O–H groups in total. The van der Waals surface area contributed by atoms with E-state index in [-0.39, 0.29) is 5.91 Å². The molecule has 3 rings (SSSR count). The first kappa shape index (κ1) is 16.4. The van der Waals surface area contributed by atoms with Crippen molar-refractivity contribution in [2.24, 2.45) is 0 Å². The maximum absolute atomic E-state index is 12.5. The summed E-state index contributed by atoms with van der Waals surface area (Å²) in [7, 11) is 0. The molecular formula is C20H19NO2S. The summed E-state index contributed by atoms with van der Waals surface area (Å²) >= 11 is 1.68. The number of rotatable bonds is 6. The Bertz CT molecular complexity index is 811. The molecule has 2 aromatic carbocycles. The second kappa shape index (κ2) is 7.88. The van der Waals surface area contributed by atoms with Gasteiger partial charge in [-0.2, -0.15) is 0 Å². The van der Waals surface area contributed by atoms with E-state index in [1.165, 1.54) is 10.5 Å². The number of carbonyl (C=O) groups is 1. The minimum absolute atomic E-state index is 0.211. The van der Waals surface area contributed by atoms with Crippen LogP contribution in [0.25, 0.3) is 0 Å². The van der Waals surface area contributed by atoms with Gasteiger partial charge in [0.25, 0.3) is 5.91 Å². The fraction of sp³-hybridized carbons (Fsp3) is 0.150. The third-order valence-corrected chi connectivity index (χ3v) is 4.74. The van der Waals surface area contributed by atoms with Gasteiger partial charge >= 0.3 is 0 Å². The minimum Gasteiger partial charge on any atom is -0.459 e. The Hall–Kier alpha value is -2.46. The van der Waals surface area contributed by atoms with Crippen molar-refractivity contribution in [1.29, 1.82) is 0 Å². The molecule has 0 aliphatic carbocycles. The standard InChI is InChI=1S/C20H19NO2S/c1-2-15-7-6-8-17(13-15)21-20(22)19-16(11-12-23-19)14-24-18-9-4-3-5-10-18/h3-13H,2,14H2,1H3,(H,21,22). The van der Waals surface area contributed by atoms with Crippen molar-refractivity contribution in [2.45, 2.75) is 24.0 Å². The van der Waals surface area contributed by atoms with Gasteiger partial charge in [-0.15, -0.1) is 11.8 Å². The van der Waals surface area contributed by atoms with E-state index in [2.05, 4.69) is 24.4 Å². The summed E-state index contributed by atoms with van der Waals surface area (Å²) in [6, 6.07) is 19.8. The summed E-state index contributed by atoms with van der Waals surface area (Å²) < 4.78 is 5.42. The van der Waals surface area contributed by atoms with Gasteiger partial charge < -0.3 is 9.73 Å². The lowest BCUT2D eigenvalue weighted by Gasteiger charge is -2.07. The molecule has 0 aliphatic heterocycles. The molecule has 0 saturated heterocycles. The average molecular weight is 337 g/mol. The molecule has 0 unspecified atom stereocenters.